The molecule has 7 heteroatoms. The van der Waals surface area contributed by atoms with Crippen molar-refractivity contribution in [1.29, 1.82) is 5.26 Å². The second-order valence-corrected chi connectivity index (χ2v) is 6.85. The molecule has 1 atom stereocenters. The SMILES string of the molecule is N#CC(CCc1ccc(Cl)cc1)(Cn1cncn1)c1c(F)cccc1Cl. The van der Waals surface area contributed by atoms with E-state index in [2.05, 4.69) is 16.2 Å². The first-order chi connectivity index (χ1) is 12.5. The first kappa shape index (κ1) is 18.4. The molecule has 1 unspecified atom stereocenters. The van der Waals surface area contributed by atoms with Crippen molar-refractivity contribution in [3.8, 4) is 6.07 Å². The van der Waals surface area contributed by atoms with Gasteiger partial charge in [0.25, 0.3) is 0 Å². The van der Waals surface area contributed by atoms with Gasteiger partial charge < -0.3 is 0 Å². The van der Waals surface area contributed by atoms with Gasteiger partial charge in [-0.3, -0.25) is 4.68 Å². The highest BCUT2D eigenvalue weighted by molar-refractivity contribution is 6.31. The summed E-state index contributed by atoms with van der Waals surface area (Å²) >= 11 is 12.2. The van der Waals surface area contributed by atoms with E-state index in [0.717, 1.165) is 5.56 Å². The zero-order chi connectivity index (χ0) is 18.6. The van der Waals surface area contributed by atoms with E-state index in [1.54, 1.807) is 18.2 Å². The largest absolute Gasteiger partial charge is 0.251 e. The lowest BCUT2D eigenvalue weighted by Gasteiger charge is -2.28. The third-order valence-electron chi connectivity index (χ3n) is 4.31. The molecule has 1 aromatic heterocycles. The molecule has 0 amide bonds. The quantitative estimate of drug-likeness (QED) is 0.608. The molecule has 0 radical (unpaired) electrons. The highest BCUT2D eigenvalue weighted by Gasteiger charge is 2.37. The van der Waals surface area contributed by atoms with Gasteiger partial charge in [0, 0.05) is 15.6 Å². The normalized spacial score (nSPS) is 13.2. The summed E-state index contributed by atoms with van der Waals surface area (Å²) < 4.78 is 16.2. The Bertz CT molecular complexity index is 899. The van der Waals surface area contributed by atoms with Crippen molar-refractivity contribution in [2.45, 2.75) is 24.8 Å². The number of nitrogens with zero attached hydrogens (tertiary/aromatic N) is 4. The fraction of sp³-hybridized carbons (Fsp3) is 0.211. The van der Waals surface area contributed by atoms with Crippen LogP contribution in [0.5, 0.6) is 0 Å². The van der Waals surface area contributed by atoms with Gasteiger partial charge in [0.05, 0.1) is 12.6 Å². The molecule has 132 valence electrons. The van der Waals surface area contributed by atoms with Crippen LogP contribution in [0, 0.1) is 17.1 Å². The molecule has 26 heavy (non-hydrogen) atoms. The van der Waals surface area contributed by atoms with Gasteiger partial charge in [-0.25, -0.2) is 9.37 Å². The van der Waals surface area contributed by atoms with Crippen LogP contribution in [0.25, 0.3) is 0 Å². The van der Waals surface area contributed by atoms with E-state index in [-0.39, 0.29) is 17.1 Å². The van der Waals surface area contributed by atoms with Crippen molar-refractivity contribution in [2.24, 2.45) is 0 Å². The van der Waals surface area contributed by atoms with Crippen LogP contribution in [-0.4, -0.2) is 14.8 Å². The highest BCUT2D eigenvalue weighted by atomic mass is 35.5. The summed E-state index contributed by atoms with van der Waals surface area (Å²) in [6.45, 7) is 0.151. The Labute approximate surface area is 160 Å². The minimum Gasteiger partial charge on any atom is -0.251 e. The summed E-state index contributed by atoms with van der Waals surface area (Å²) in [5.41, 5.74) is 0.00386. The van der Waals surface area contributed by atoms with Gasteiger partial charge in [0.2, 0.25) is 0 Å². The Morgan fingerprint density at radius 1 is 1.15 bits per heavy atom. The van der Waals surface area contributed by atoms with Crippen LogP contribution < -0.4 is 0 Å². The van der Waals surface area contributed by atoms with Crippen LogP contribution in [0.3, 0.4) is 0 Å². The molecule has 3 aromatic rings. The fourth-order valence-corrected chi connectivity index (χ4v) is 3.45. The lowest BCUT2D eigenvalue weighted by atomic mass is 9.76. The number of benzene rings is 2. The third kappa shape index (κ3) is 3.87. The number of nitriles is 1. The summed E-state index contributed by atoms with van der Waals surface area (Å²) in [6.07, 6.45) is 3.81. The predicted octanol–water partition coefficient (Wildman–Crippen LogP) is 4.82. The molecule has 1 heterocycles. The monoisotopic (exact) mass is 388 g/mol. The van der Waals surface area contributed by atoms with Crippen LogP contribution in [0.1, 0.15) is 17.5 Å². The van der Waals surface area contributed by atoms with Crippen molar-refractivity contribution in [3.63, 3.8) is 0 Å². The molecular formula is C19H15Cl2FN4. The van der Waals surface area contributed by atoms with Gasteiger partial charge in [-0.15, -0.1) is 0 Å². The van der Waals surface area contributed by atoms with Crippen LogP contribution in [0.4, 0.5) is 4.39 Å². The number of hydrogen-bond acceptors (Lipinski definition) is 3. The summed E-state index contributed by atoms with van der Waals surface area (Å²) in [5, 5.41) is 15.0. The molecule has 0 aliphatic heterocycles. The van der Waals surface area contributed by atoms with Crippen LogP contribution in [-0.2, 0) is 18.4 Å². The maximum absolute atomic E-state index is 14.6. The Balaban J connectivity index is 2.00. The van der Waals surface area contributed by atoms with Crippen molar-refractivity contribution >= 4 is 23.2 Å². The predicted molar refractivity (Wildman–Crippen MR) is 98.5 cm³/mol. The lowest BCUT2D eigenvalue weighted by Crippen LogP contribution is -2.32. The Hall–Kier alpha value is -2.42. The van der Waals surface area contributed by atoms with Gasteiger partial charge >= 0.3 is 0 Å². The number of aromatic nitrogens is 3. The van der Waals surface area contributed by atoms with E-state index in [4.69, 9.17) is 23.2 Å². The van der Waals surface area contributed by atoms with Gasteiger partial charge in [0.1, 0.15) is 23.9 Å². The van der Waals surface area contributed by atoms with Gasteiger partial charge in [-0.05, 0) is 42.7 Å². The maximum Gasteiger partial charge on any atom is 0.137 e. The second kappa shape index (κ2) is 7.86. The van der Waals surface area contributed by atoms with E-state index in [1.807, 2.05) is 12.1 Å². The summed E-state index contributed by atoms with van der Waals surface area (Å²) in [4.78, 5) is 3.91. The van der Waals surface area contributed by atoms with E-state index >= 15 is 0 Å². The molecule has 0 N–H and O–H groups in total. The number of rotatable bonds is 6. The lowest BCUT2D eigenvalue weighted by molar-refractivity contribution is 0.387. The molecule has 0 bridgehead atoms. The summed E-state index contributed by atoms with van der Waals surface area (Å²) in [6, 6.07) is 14.1. The van der Waals surface area contributed by atoms with E-state index < -0.39 is 11.2 Å². The van der Waals surface area contributed by atoms with Crippen LogP contribution >= 0.6 is 23.2 Å². The topological polar surface area (TPSA) is 54.5 Å². The molecule has 2 aromatic carbocycles. The minimum absolute atomic E-state index is 0.151. The van der Waals surface area contributed by atoms with Crippen molar-refractivity contribution in [2.75, 3.05) is 0 Å². The van der Waals surface area contributed by atoms with Gasteiger partial charge in [-0.2, -0.15) is 10.4 Å². The fourth-order valence-electron chi connectivity index (χ4n) is 2.98. The molecule has 0 saturated heterocycles. The minimum atomic E-state index is -1.18. The molecule has 0 aliphatic rings. The van der Waals surface area contributed by atoms with Crippen molar-refractivity contribution < 1.29 is 4.39 Å². The number of hydrogen-bond donors (Lipinski definition) is 0. The molecule has 0 saturated carbocycles. The number of halogens is 3. The Kier molecular flexibility index (Phi) is 5.55. The first-order valence-corrected chi connectivity index (χ1v) is 8.72. The van der Waals surface area contributed by atoms with E-state index in [9.17, 15) is 9.65 Å². The molecule has 0 spiro atoms. The van der Waals surface area contributed by atoms with Crippen molar-refractivity contribution in [3.05, 3.63) is 82.1 Å². The summed E-state index contributed by atoms with van der Waals surface area (Å²) in [5.74, 6) is -0.504. The molecule has 4 nitrogen and oxygen atoms in total. The zero-order valence-electron chi connectivity index (χ0n) is 13.7. The third-order valence-corrected chi connectivity index (χ3v) is 4.87. The first-order valence-electron chi connectivity index (χ1n) is 7.97. The molecule has 3 rings (SSSR count). The summed E-state index contributed by atoms with van der Waals surface area (Å²) in [7, 11) is 0. The standard InChI is InChI=1S/C19H15Cl2FN4/c20-15-6-4-14(5-7-15)8-9-19(10-23,11-26-13-24-12-25-26)18-16(21)2-1-3-17(18)22/h1-7,12-13H,8-9,11H2. The van der Waals surface area contributed by atoms with Gasteiger partial charge in [0.15, 0.2) is 0 Å². The number of aryl methyl sites for hydroxylation is 1. The van der Waals surface area contributed by atoms with Gasteiger partial charge in [-0.1, -0.05) is 41.4 Å². The molecule has 0 fully saturated rings. The Morgan fingerprint density at radius 3 is 2.54 bits per heavy atom. The van der Waals surface area contributed by atoms with Crippen LogP contribution in [0.2, 0.25) is 10.0 Å². The Morgan fingerprint density at radius 2 is 1.92 bits per heavy atom. The second-order valence-electron chi connectivity index (χ2n) is 6.01. The smallest absolute Gasteiger partial charge is 0.137 e. The average molecular weight is 389 g/mol. The molecule has 0 aliphatic carbocycles. The van der Waals surface area contributed by atoms with Crippen LogP contribution in [0.15, 0.2) is 55.1 Å². The maximum atomic E-state index is 14.6. The molecular weight excluding hydrogens is 374 g/mol. The van der Waals surface area contributed by atoms with E-state index in [1.165, 1.54) is 29.5 Å². The zero-order valence-corrected chi connectivity index (χ0v) is 15.3. The van der Waals surface area contributed by atoms with E-state index in [0.29, 0.717) is 17.9 Å². The highest BCUT2D eigenvalue weighted by Crippen LogP contribution is 2.37. The average Bonchev–Trinajstić information content (AvgIpc) is 3.13. The van der Waals surface area contributed by atoms with Crippen molar-refractivity contribution in [1.82, 2.24) is 14.8 Å².